The molecular formula is C18H21F3N2O2. The van der Waals surface area contributed by atoms with Crippen molar-refractivity contribution in [2.24, 2.45) is 0 Å². The van der Waals surface area contributed by atoms with E-state index in [4.69, 9.17) is 9.47 Å². The van der Waals surface area contributed by atoms with Crippen LogP contribution in [-0.2, 0) is 16.0 Å². The van der Waals surface area contributed by atoms with Crippen molar-refractivity contribution in [2.75, 3.05) is 18.5 Å². The zero-order valence-corrected chi connectivity index (χ0v) is 13.8. The van der Waals surface area contributed by atoms with Gasteiger partial charge in [-0.1, -0.05) is 6.07 Å². The summed E-state index contributed by atoms with van der Waals surface area (Å²) in [6.07, 6.45) is 0.790. The molecule has 2 aliphatic rings. The van der Waals surface area contributed by atoms with Crippen LogP contribution in [0.25, 0.3) is 10.9 Å². The minimum atomic E-state index is -4.23. The lowest BCUT2D eigenvalue weighted by atomic mass is 9.90. The van der Waals surface area contributed by atoms with Gasteiger partial charge in [0.05, 0.1) is 18.7 Å². The Balaban J connectivity index is 1.49. The normalized spacial score (nSPS) is 21.2. The van der Waals surface area contributed by atoms with Gasteiger partial charge in [-0.15, -0.1) is 0 Å². The summed E-state index contributed by atoms with van der Waals surface area (Å²) < 4.78 is 50.8. The molecule has 7 heteroatoms. The van der Waals surface area contributed by atoms with E-state index in [2.05, 4.69) is 5.32 Å². The van der Waals surface area contributed by atoms with Crippen molar-refractivity contribution >= 4 is 16.6 Å². The van der Waals surface area contributed by atoms with Crippen molar-refractivity contribution in [1.82, 2.24) is 4.57 Å². The first-order chi connectivity index (χ1) is 11.9. The van der Waals surface area contributed by atoms with Gasteiger partial charge in [-0.3, -0.25) is 0 Å². The Morgan fingerprint density at radius 1 is 1.12 bits per heavy atom. The van der Waals surface area contributed by atoms with Crippen LogP contribution in [0.5, 0.6) is 0 Å². The molecular weight excluding hydrogens is 333 g/mol. The monoisotopic (exact) mass is 354 g/mol. The van der Waals surface area contributed by atoms with Gasteiger partial charge >= 0.3 is 6.18 Å². The Labute approximate surface area is 143 Å². The maximum atomic E-state index is 12.7. The van der Waals surface area contributed by atoms with Crippen LogP contribution in [0.1, 0.15) is 25.7 Å². The topological polar surface area (TPSA) is 35.4 Å². The first-order valence-electron chi connectivity index (χ1n) is 8.63. The van der Waals surface area contributed by atoms with Crippen molar-refractivity contribution in [2.45, 2.75) is 50.2 Å². The minimum absolute atomic E-state index is 0.273. The fourth-order valence-electron chi connectivity index (χ4n) is 3.89. The summed E-state index contributed by atoms with van der Waals surface area (Å²) in [7, 11) is 0. The molecule has 0 unspecified atom stereocenters. The highest BCUT2D eigenvalue weighted by molar-refractivity contribution is 5.92. The van der Waals surface area contributed by atoms with E-state index < -0.39 is 18.5 Å². The molecule has 1 N–H and O–H groups in total. The molecule has 1 spiro atoms. The molecule has 25 heavy (non-hydrogen) atoms. The average Bonchev–Trinajstić information content (AvgIpc) is 3.17. The molecule has 2 heterocycles. The summed E-state index contributed by atoms with van der Waals surface area (Å²) in [6.45, 7) is 0.342. The summed E-state index contributed by atoms with van der Waals surface area (Å²) in [5, 5.41) is 4.32. The molecule has 1 aliphatic carbocycles. The van der Waals surface area contributed by atoms with Crippen LogP contribution in [0.3, 0.4) is 0 Å². The summed E-state index contributed by atoms with van der Waals surface area (Å²) in [5.41, 5.74) is 1.48. The van der Waals surface area contributed by atoms with Gasteiger partial charge in [0.25, 0.3) is 0 Å². The zero-order valence-electron chi connectivity index (χ0n) is 13.8. The number of hydrogen-bond acceptors (Lipinski definition) is 3. The molecule has 1 saturated heterocycles. The third kappa shape index (κ3) is 3.48. The van der Waals surface area contributed by atoms with E-state index in [1.807, 2.05) is 6.07 Å². The molecule has 136 valence electrons. The molecule has 1 aliphatic heterocycles. The summed E-state index contributed by atoms with van der Waals surface area (Å²) in [5.74, 6) is -0.403. The standard InChI is InChI=1S/C18H21F3N2O2/c19-18(20,21)12-23-9-6-14-15(2-1-3-16(14)23)22-13-4-7-17(8-5-13)24-10-11-25-17/h1-3,6,9,13,22H,4-5,7-8,10-12H2. The number of benzene rings is 1. The smallest absolute Gasteiger partial charge is 0.382 e. The summed E-state index contributed by atoms with van der Waals surface area (Å²) in [4.78, 5) is 0. The Morgan fingerprint density at radius 3 is 2.52 bits per heavy atom. The van der Waals surface area contributed by atoms with Crippen LogP contribution in [0.2, 0.25) is 0 Å². The van der Waals surface area contributed by atoms with Crippen LogP contribution in [0.15, 0.2) is 30.5 Å². The molecule has 1 aromatic carbocycles. The van der Waals surface area contributed by atoms with Gasteiger partial charge in [0.2, 0.25) is 0 Å². The van der Waals surface area contributed by atoms with Crippen molar-refractivity contribution in [3.8, 4) is 0 Å². The highest BCUT2D eigenvalue weighted by Gasteiger charge is 2.40. The van der Waals surface area contributed by atoms with Gasteiger partial charge in [0, 0.05) is 36.2 Å². The van der Waals surface area contributed by atoms with E-state index in [-0.39, 0.29) is 6.04 Å². The number of aromatic nitrogens is 1. The average molecular weight is 354 g/mol. The number of ether oxygens (including phenoxy) is 2. The molecule has 0 atom stereocenters. The van der Waals surface area contributed by atoms with Crippen LogP contribution >= 0.6 is 0 Å². The molecule has 2 aromatic rings. The van der Waals surface area contributed by atoms with Crippen LogP contribution in [0, 0.1) is 0 Å². The second-order valence-corrected chi connectivity index (χ2v) is 6.82. The zero-order chi connectivity index (χ0) is 17.5. The molecule has 4 rings (SSSR count). The predicted octanol–water partition coefficient (Wildman–Crippen LogP) is 4.30. The fraction of sp³-hybridized carbons (Fsp3) is 0.556. The lowest BCUT2D eigenvalue weighted by Gasteiger charge is -2.36. The molecule has 0 bridgehead atoms. The Kier molecular flexibility index (Phi) is 4.16. The van der Waals surface area contributed by atoms with Crippen molar-refractivity contribution in [1.29, 1.82) is 0 Å². The number of nitrogens with one attached hydrogen (secondary N) is 1. The van der Waals surface area contributed by atoms with Gasteiger partial charge in [-0.25, -0.2) is 0 Å². The number of rotatable bonds is 3. The molecule has 4 nitrogen and oxygen atoms in total. The SMILES string of the molecule is FC(F)(F)Cn1ccc2c(NC3CCC4(CC3)OCCO4)cccc21. The number of nitrogens with zero attached hydrogens (tertiary/aromatic N) is 1. The summed E-state index contributed by atoms with van der Waals surface area (Å²) in [6, 6.07) is 7.47. The maximum Gasteiger partial charge on any atom is 0.406 e. The number of alkyl halides is 3. The second-order valence-electron chi connectivity index (χ2n) is 6.82. The molecule has 2 fully saturated rings. The van der Waals surface area contributed by atoms with Crippen LogP contribution in [0.4, 0.5) is 18.9 Å². The number of halogens is 3. The van der Waals surface area contributed by atoms with E-state index in [1.165, 1.54) is 10.8 Å². The predicted molar refractivity (Wildman–Crippen MR) is 88.5 cm³/mol. The van der Waals surface area contributed by atoms with Gasteiger partial charge < -0.3 is 19.4 Å². The van der Waals surface area contributed by atoms with E-state index in [0.29, 0.717) is 18.7 Å². The Morgan fingerprint density at radius 2 is 1.84 bits per heavy atom. The van der Waals surface area contributed by atoms with Gasteiger partial charge in [0.1, 0.15) is 6.54 Å². The fourth-order valence-corrected chi connectivity index (χ4v) is 3.89. The first kappa shape index (κ1) is 16.7. The van der Waals surface area contributed by atoms with Crippen molar-refractivity contribution in [3.05, 3.63) is 30.5 Å². The molecule has 0 radical (unpaired) electrons. The molecule has 1 saturated carbocycles. The number of hydrogen-bond donors (Lipinski definition) is 1. The first-order valence-corrected chi connectivity index (χ1v) is 8.63. The summed E-state index contributed by atoms with van der Waals surface area (Å²) >= 11 is 0. The Bertz CT molecular complexity index is 740. The third-order valence-electron chi connectivity index (χ3n) is 5.08. The van der Waals surface area contributed by atoms with Crippen molar-refractivity contribution < 1.29 is 22.6 Å². The van der Waals surface area contributed by atoms with Crippen LogP contribution < -0.4 is 5.32 Å². The minimum Gasteiger partial charge on any atom is -0.382 e. The largest absolute Gasteiger partial charge is 0.406 e. The van der Waals surface area contributed by atoms with E-state index in [1.54, 1.807) is 18.2 Å². The second kappa shape index (κ2) is 6.21. The number of fused-ring (bicyclic) bond motifs is 1. The van der Waals surface area contributed by atoms with Crippen LogP contribution in [-0.4, -0.2) is 35.8 Å². The molecule has 1 aromatic heterocycles. The van der Waals surface area contributed by atoms with Crippen molar-refractivity contribution in [3.63, 3.8) is 0 Å². The Hall–Kier alpha value is -1.73. The van der Waals surface area contributed by atoms with E-state index in [0.717, 1.165) is 36.8 Å². The van der Waals surface area contributed by atoms with E-state index in [9.17, 15) is 13.2 Å². The number of anilines is 1. The quantitative estimate of drug-likeness (QED) is 0.893. The van der Waals surface area contributed by atoms with Gasteiger partial charge in [0.15, 0.2) is 5.79 Å². The van der Waals surface area contributed by atoms with Gasteiger partial charge in [-0.05, 0) is 31.0 Å². The third-order valence-corrected chi connectivity index (χ3v) is 5.08. The molecule has 0 amide bonds. The van der Waals surface area contributed by atoms with Gasteiger partial charge in [-0.2, -0.15) is 13.2 Å². The maximum absolute atomic E-state index is 12.7. The highest BCUT2D eigenvalue weighted by atomic mass is 19.4. The van der Waals surface area contributed by atoms with E-state index >= 15 is 0 Å². The highest BCUT2D eigenvalue weighted by Crippen LogP contribution is 2.37. The lowest BCUT2D eigenvalue weighted by Crippen LogP contribution is -2.39. The lowest BCUT2D eigenvalue weighted by molar-refractivity contribution is -0.177.